The zero-order valence-electron chi connectivity index (χ0n) is 7.55. The predicted molar refractivity (Wildman–Crippen MR) is 54.9 cm³/mol. The Morgan fingerprint density at radius 2 is 2.29 bits per heavy atom. The minimum Gasteiger partial charge on any atom is -0.395 e. The summed E-state index contributed by atoms with van der Waals surface area (Å²) in [5.74, 6) is -0.257. The summed E-state index contributed by atoms with van der Waals surface area (Å²) in [6.07, 6.45) is 0. The highest BCUT2D eigenvalue weighted by Gasteiger charge is 2.14. The van der Waals surface area contributed by atoms with E-state index in [0.717, 1.165) is 0 Å². The van der Waals surface area contributed by atoms with Gasteiger partial charge in [-0.1, -0.05) is 23.2 Å². The summed E-state index contributed by atoms with van der Waals surface area (Å²) >= 11 is 11.3. The van der Waals surface area contributed by atoms with Gasteiger partial charge >= 0.3 is 0 Å². The molecule has 6 heteroatoms. The number of carbonyl (C=O) groups is 1. The number of H-pyrrole nitrogens is 1. The van der Waals surface area contributed by atoms with Crippen molar-refractivity contribution in [2.45, 2.75) is 0 Å². The first kappa shape index (κ1) is 11.4. The first-order valence-corrected chi connectivity index (χ1v) is 4.72. The Hall–Kier alpha value is -0.710. The summed E-state index contributed by atoms with van der Waals surface area (Å²) in [5.41, 5.74) is 0.316. The fourth-order valence-corrected chi connectivity index (χ4v) is 1.29. The molecule has 0 saturated heterocycles. The molecule has 0 bridgehead atoms. The van der Waals surface area contributed by atoms with Gasteiger partial charge in [0.25, 0.3) is 5.91 Å². The van der Waals surface area contributed by atoms with Crippen LogP contribution in [0.4, 0.5) is 0 Å². The maximum Gasteiger partial charge on any atom is 0.270 e. The van der Waals surface area contributed by atoms with Gasteiger partial charge in [0, 0.05) is 13.6 Å². The molecule has 4 nitrogen and oxygen atoms in total. The minimum absolute atomic E-state index is 0.0790. The van der Waals surface area contributed by atoms with Crippen LogP contribution in [0.5, 0.6) is 0 Å². The highest BCUT2D eigenvalue weighted by molar-refractivity contribution is 6.41. The second-order valence-electron chi connectivity index (χ2n) is 2.80. The van der Waals surface area contributed by atoms with E-state index in [-0.39, 0.29) is 24.2 Å². The monoisotopic (exact) mass is 236 g/mol. The summed E-state index contributed by atoms with van der Waals surface area (Å²) < 4.78 is 0. The van der Waals surface area contributed by atoms with Gasteiger partial charge < -0.3 is 15.0 Å². The van der Waals surface area contributed by atoms with E-state index >= 15 is 0 Å². The lowest BCUT2D eigenvalue weighted by Gasteiger charge is -2.13. The van der Waals surface area contributed by atoms with E-state index in [0.29, 0.717) is 10.7 Å². The van der Waals surface area contributed by atoms with Gasteiger partial charge in [0.1, 0.15) is 10.8 Å². The number of carbonyl (C=O) groups excluding carboxylic acids is 1. The zero-order valence-corrected chi connectivity index (χ0v) is 9.06. The lowest BCUT2D eigenvalue weighted by Crippen LogP contribution is -2.29. The van der Waals surface area contributed by atoms with Crippen LogP contribution in [0, 0.1) is 0 Å². The molecule has 14 heavy (non-hydrogen) atoms. The molecule has 2 N–H and O–H groups in total. The maximum absolute atomic E-state index is 11.6. The molecule has 0 radical (unpaired) electrons. The number of hydrogen-bond donors (Lipinski definition) is 2. The molecular formula is C8H10Cl2N2O2. The van der Waals surface area contributed by atoms with Gasteiger partial charge in [-0.3, -0.25) is 4.79 Å². The molecule has 0 spiro atoms. The fraction of sp³-hybridized carbons (Fsp3) is 0.375. The van der Waals surface area contributed by atoms with Crippen LogP contribution in [0.15, 0.2) is 6.07 Å². The number of nitrogens with one attached hydrogen (secondary N) is 1. The Labute approximate surface area is 91.4 Å². The third kappa shape index (κ3) is 2.41. The molecule has 1 aromatic heterocycles. The van der Waals surface area contributed by atoms with Crippen LogP contribution < -0.4 is 0 Å². The summed E-state index contributed by atoms with van der Waals surface area (Å²) in [7, 11) is 1.58. The van der Waals surface area contributed by atoms with E-state index in [2.05, 4.69) is 4.98 Å². The summed E-state index contributed by atoms with van der Waals surface area (Å²) in [6.45, 7) is 0.192. The van der Waals surface area contributed by atoms with E-state index < -0.39 is 0 Å². The van der Waals surface area contributed by atoms with Crippen molar-refractivity contribution in [3.63, 3.8) is 0 Å². The Balaban J connectivity index is 2.79. The number of likely N-dealkylation sites (N-methyl/N-ethyl adjacent to an activating group) is 1. The van der Waals surface area contributed by atoms with Crippen LogP contribution in [-0.4, -0.2) is 41.1 Å². The van der Waals surface area contributed by atoms with E-state index in [4.69, 9.17) is 28.3 Å². The minimum atomic E-state index is -0.257. The molecule has 0 aliphatic rings. The molecule has 1 aromatic rings. The number of amides is 1. The fourth-order valence-electron chi connectivity index (χ4n) is 0.976. The molecule has 0 unspecified atom stereocenters. The van der Waals surface area contributed by atoms with Gasteiger partial charge in [-0.25, -0.2) is 0 Å². The predicted octanol–water partition coefficient (Wildman–Crippen LogP) is 1.39. The average Bonchev–Trinajstić information content (AvgIpc) is 2.46. The van der Waals surface area contributed by atoms with Crippen LogP contribution in [0.25, 0.3) is 0 Å². The molecule has 1 amide bonds. The number of aromatic nitrogens is 1. The van der Waals surface area contributed by atoms with Crippen molar-refractivity contribution in [1.29, 1.82) is 0 Å². The van der Waals surface area contributed by atoms with E-state index in [1.54, 1.807) is 7.05 Å². The number of aliphatic hydroxyl groups is 1. The summed E-state index contributed by atoms with van der Waals surface area (Å²) in [5, 5.41) is 9.19. The second-order valence-corrected chi connectivity index (χ2v) is 3.58. The van der Waals surface area contributed by atoms with E-state index in [9.17, 15) is 4.79 Å². The molecule has 1 heterocycles. The van der Waals surface area contributed by atoms with Gasteiger partial charge in [0.15, 0.2) is 0 Å². The molecular weight excluding hydrogens is 227 g/mol. The Morgan fingerprint density at radius 3 is 2.71 bits per heavy atom. The van der Waals surface area contributed by atoms with Gasteiger partial charge in [-0.2, -0.15) is 0 Å². The van der Waals surface area contributed by atoms with Crippen molar-refractivity contribution in [1.82, 2.24) is 9.88 Å². The smallest absolute Gasteiger partial charge is 0.270 e. The van der Waals surface area contributed by atoms with Gasteiger partial charge in [-0.05, 0) is 6.07 Å². The number of aromatic amines is 1. The highest BCUT2D eigenvalue weighted by Crippen LogP contribution is 2.22. The topological polar surface area (TPSA) is 56.3 Å². The molecule has 0 aromatic carbocycles. The Kier molecular flexibility index (Phi) is 3.80. The molecule has 0 atom stereocenters. The number of rotatable bonds is 3. The van der Waals surface area contributed by atoms with E-state index in [1.807, 2.05) is 0 Å². The van der Waals surface area contributed by atoms with Crippen molar-refractivity contribution in [2.75, 3.05) is 20.2 Å². The summed E-state index contributed by atoms with van der Waals surface area (Å²) in [4.78, 5) is 15.6. The van der Waals surface area contributed by atoms with Crippen LogP contribution in [0.3, 0.4) is 0 Å². The van der Waals surface area contributed by atoms with Gasteiger partial charge in [0.2, 0.25) is 0 Å². The van der Waals surface area contributed by atoms with Gasteiger partial charge in [-0.15, -0.1) is 0 Å². The first-order chi connectivity index (χ1) is 6.56. The molecule has 0 aliphatic heterocycles. The third-order valence-electron chi connectivity index (χ3n) is 1.74. The number of halogens is 2. The highest BCUT2D eigenvalue weighted by atomic mass is 35.5. The maximum atomic E-state index is 11.6. The first-order valence-electron chi connectivity index (χ1n) is 3.96. The standard InChI is InChI=1S/C8H10Cl2N2O2/c1-12(2-3-13)8(14)6-4-5(9)7(10)11-6/h4,11,13H,2-3H2,1H3. The van der Waals surface area contributed by atoms with Crippen molar-refractivity contribution >= 4 is 29.1 Å². The van der Waals surface area contributed by atoms with Gasteiger partial charge in [0.05, 0.1) is 11.6 Å². The van der Waals surface area contributed by atoms with Crippen molar-refractivity contribution in [3.05, 3.63) is 21.9 Å². The molecule has 0 aliphatic carbocycles. The zero-order chi connectivity index (χ0) is 10.7. The average molecular weight is 237 g/mol. The second kappa shape index (κ2) is 4.68. The quantitative estimate of drug-likeness (QED) is 0.834. The molecule has 0 saturated carbocycles. The van der Waals surface area contributed by atoms with Crippen molar-refractivity contribution in [3.8, 4) is 0 Å². The lowest BCUT2D eigenvalue weighted by atomic mass is 10.4. The number of aliphatic hydroxyl groups excluding tert-OH is 1. The van der Waals surface area contributed by atoms with Crippen LogP contribution in [0.2, 0.25) is 10.2 Å². The third-order valence-corrected chi connectivity index (χ3v) is 2.43. The molecule has 78 valence electrons. The normalized spacial score (nSPS) is 10.3. The van der Waals surface area contributed by atoms with Crippen LogP contribution in [-0.2, 0) is 0 Å². The Bertz CT molecular complexity index is 319. The van der Waals surface area contributed by atoms with Crippen molar-refractivity contribution in [2.24, 2.45) is 0 Å². The number of hydrogen-bond acceptors (Lipinski definition) is 2. The van der Waals surface area contributed by atoms with E-state index in [1.165, 1.54) is 11.0 Å². The molecule has 0 fully saturated rings. The van der Waals surface area contributed by atoms with Crippen LogP contribution in [0.1, 0.15) is 10.5 Å². The van der Waals surface area contributed by atoms with Crippen LogP contribution >= 0.6 is 23.2 Å². The SMILES string of the molecule is CN(CCO)C(=O)c1cc(Cl)c(Cl)[nH]1. The molecule has 1 rings (SSSR count). The van der Waals surface area contributed by atoms with Crippen molar-refractivity contribution < 1.29 is 9.90 Å². The summed E-state index contributed by atoms with van der Waals surface area (Å²) in [6, 6.07) is 1.46. The Morgan fingerprint density at radius 1 is 1.64 bits per heavy atom. The number of nitrogens with zero attached hydrogens (tertiary/aromatic N) is 1. The lowest BCUT2D eigenvalue weighted by molar-refractivity contribution is 0.0762. The largest absolute Gasteiger partial charge is 0.395 e.